The van der Waals surface area contributed by atoms with E-state index in [0.29, 0.717) is 25.9 Å². The van der Waals surface area contributed by atoms with Gasteiger partial charge in [-0.05, 0) is 25.7 Å². The molecular formula is C18H31N3O3. The van der Waals surface area contributed by atoms with Gasteiger partial charge < -0.3 is 16.0 Å². The molecule has 2 fully saturated rings. The molecule has 0 aromatic heterocycles. The summed E-state index contributed by atoms with van der Waals surface area (Å²) in [5.41, 5.74) is 4.25. The van der Waals surface area contributed by atoms with E-state index in [-0.39, 0.29) is 17.7 Å². The lowest BCUT2D eigenvalue weighted by molar-refractivity contribution is -0.144. The van der Waals surface area contributed by atoms with Crippen LogP contribution in [0.15, 0.2) is 0 Å². The van der Waals surface area contributed by atoms with Crippen molar-refractivity contribution in [2.75, 3.05) is 13.1 Å². The highest BCUT2D eigenvalue weighted by atomic mass is 16.2. The smallest absolute Gasteiger partial charge is 0.243 e. The maximum absolute atomic E-state index is 12.7. The molecule has 0 radical (unpaired) electrons. The van der Waals surface area contributed by atoms with Gasteiger partial charge in [0.25, 0.3) is 0 Å². The lowest BCUT2D eigenvalue weighted by atomic mass is 9.80. The van der Waals surface area contributed by atoms with Crippen LogP contribution in [-0.4, -0.2) is 41.2 Å². The van der Waals surface area contributed by atoms with Crippen LogP contribution in [0, 0.1) is 11.3 Å². The van der Waals surface area contributed by atoms with Crippen molar-refractivity contribution in [1.29, 1.82) is 0 Å². The standard InChI is InChI=1S/C18H31N3O3/c1-17(2,3)16(24)21-11-7-8-13(12-21)14(22)20-18(15(19)23)9-5-4-6-10-18/h13H,4-12H2,1-3H3,(H2,19,23)(H,20,22). The third-order valence-electron chi connectivity index (χ3n) is 5.26. The van der Waals surface area contributed by atoms with Crippen molar-refractivity contribution < 1.29 is 14.4 Å². The molecular weight excluding hydrogens is 306 g/mol. The molecule has 1 atom stereocenters. The summed E-state index contributed by atoms with van der Waals surface area (Å²) < 4.78 is 0. The summed E-state index contributed by atoms with van der Waals surface area (Å²) in [4.78, 5) is 38.9. The zero-order valence-corrected chi connectivity index (χ0v) is 15.2. The number of rotatable bonds is 3. The first-order valence-corrected chi connectivity index (χ1v) is 9.07. The van der Waals surface area contributed by atoms with Gasteiger partial charge in [-0.3, -0.25) is 14.4 Å². The molecule has 1 saturated heterocycles. The summed E-state index contributed by atoms with van der Waals surface area (Å²) in [5.74, 6) is -0.762. The molecule has 1 aliphatic heterocycles. The Balaban J connectivity index is 2.03. The molecule has 3 N–H and O–H groups in total. The second-order valence-corrected chi connectivity index (χ2v) is 8.34. The Hall–Kier alpha value is -1.59. The van der Waals surface area contributed by atoms with E-state index in [0.717, 1.165) is 32.1 Å². The van der Waals surface area contributed by atoms with E-state index in [1.807, 2.05) is 20.8 Å². The minimum Gasteiger partial charge on any atom is -0.368 e. The number of hydrogen-bond donors (Lipinski definition) is 2. The Morgan fingerprint density at radius 3 is 2.25 bits per heavy atom. The van der Waals surface area contributed by atoms with Crippen molar-refractivity contribution >= 4 is 17.7 Å². The molecule has 1 heterocycles. The SMILES string of the molecule is CC(C)(C)C(=O)N1CCCC(C(=O)NC2(C(N)=O)CCCCC2)C1. The van der Waals surface area contributed by atoms with Gasteiger partial charge in [0.05, 0.1) is 5.92 Å². The fraction of sp³-hybridized carbons (Fsp3) is 0.833. The second-order valence-electron chi connectivity index (χ2n) is 8.34. The minimum atomic E-state index is -0.897. The average molecular weight is 337 g/mol. The van der Waals surface area contributed by atoms with Crippen molar-refractivity contribution in [2.24, 2.45) is 17.1 Å². The number of piperidine rings is 1. The summed E-state index contributed by atoms with van der Waals surface area (Å²) in [7, 11) is 0. The number of amides is 3. The van der Waals surface area contributed by atoms with Gasteiger partial charge in [-0.2, -0.15) is 0 Å². The quantitative estimate of drug-likeness (QED) is 0.819. The third kappa shape index (κ3) is 4.08. The van der Waals surface area contributed by atoms with Crippen molar-refractivity contribution in [3.63, 3.8) is 0 Å². The van der Waals surface area contributed by atoms with E-state index in [2.05, 4.69) is 5.32 Å². The van der Waals surface area contributed by atoms with Crippen LogP contribution in [0.4, 0.5) is 0 Å². The Morgan fingerprint density at radius 2 is 1.71 bits per heavy atom. The molecule has 3 amide bonds. The van der Waals surface area contributed by atoms with Crippen molar-refractivity contribution in [2.45, 2.75) is 71.3 Å². The van der Waals surface area contributed by atoms with E-state index in [4.69, 9.17) is 5.73 Å². The summed E-state index contributed by atoms with van der Waals surface area (Å²) >= 11 is 0. The zero-order valence-electron chi connectivity index (χ0n) is 15.2. The third-order valence-corrected chi connectivity index (χ3v) is 5.26. The van der Waals surface area contributed by atoms with E-state index in [1.54, 1.807) is 4.90 Å². The van der Waals surface area contributed by atoms with Gasteiger partial charge in [-0.25, -0.2) is 0 Å². The first-order valence-electron chi connectivity index (χ1n) is 9.07. The molecule has 2 aliphatic rings. The average Bonchev–Trinajstić information content (AvgIpc) is 2.54. The molecule has 1 saturated carbocycles. The van der Waals surface area contributed by atoms with Gasteiger partial charge in [0.15, 0.2) is 0 Å². The van der Waals surface area contributed by atoms with Gasteiger partial charge in [0, 0.05) is 18.5 Å². The highest BCUT2D eigenvalue weighted by Gasteiger charge is 2.41. The fourth-order valence-electron chi connectivity index (χ4n) is 3.78. The van der Waals surface area contributed by atoms with Crippen LogP contribution >= 0.6 is 0 Å². The van der Waals surface area contributed by atoms with Crippen molar-refractivity contribution in [1.82, 2.24) is 10.2 Å². The Morgan fingerprint density at radius 1 is 1.08 bits per heavy atom. The van der Waals surface area contributed by atoms with Crippen LogP contribution in [-0.2, 0) is 14.4 Å². The molecule has 0 aromatic rings. The molecule has 1 unspecified atom stereocenters. The molecule has 0 bridgehead atoms. The van der Waals surface area contributed by atoms with Gasteiger partial charge in [0.1, 0.15) is 5.54 Å². The van der Waals surface area contributed by atoms with Crippen LogP contribution in [0.5, 0.6) is 0 Å². The predicted molar refractivity (Wildman–Crippen MR) is 91.9 cm³/mol. The summed E-state index contributed by atoms with van der Waals surface area (Å²) in [5, 5.41) is 2.95. The Kier molecular flexibility index (Phi) is 5.56. The first kappa shape index (κ1) is 18.7. The second kappa shape index (κ2) is 7.11. The normalized spacial score (nSPS) is 24.3. The van der Waals surface area contributed by atoms with Crippen LogP contribution < -0.4 is 11.1 Å². The number of carbonyl (C=O) groups excluding carboxylic acids is 3. The lowest BCUT2D eigenvalue weighted by Gasteiger charge is -2.39. The van der Waals surface area contributed by atoms with Crippen LogP contribution in [0.1, 0.15) is 65.7 Å². The molecule has 6 nitrogen and oxygen atoms in total. The van der Waals surface area contributed by atoms with E-state index in [9.17, 15) is 14.4 Å². The van der Waals surface area contributed by atoms with Gasteiger partial charge in [-0.15, -0.1) is 0 Å². The molecule has 0 spiro atoms. The van der Waals surface area contributed by atoms with Gasteiger partial charge >= 0.3 is 0 Å². The molecule has 24 heavy (non-hydrogen) atoms. The number of hydrogen-bond acceptors (Lipinski definition) is 3. The first-order chi connectivity index (χ1) is 11.2. The number of nitrogens with zero attached hydrogens (tertiary/aromatic N) is 1. The minimum absolute atomic E-state index is 0.0716. The molecule has 2 rings (SSSR count). The number of likely N-dealkylation sites (tertiary alicyclic amines) is 1. The zero-order chi connectivity index (χ0) is 18.0. The number of nitrogens with two attached hydrogens (primary N) is 1. The largest absolute Gasteiger partial charge is 0.368 e. The molecule has 136 valence electrons. The topological polar surface area (TPSA) is 92.5 Å². The van der Waals surface area contributed by atoms with E-state index < -0.39 is 16.9 Å². The Bertz CT molecular complexity index is 504. The van der Waals surface area contributed by atoms with Gasteiger partial charge in [0.2, 0.25) is 17.7 Å². The van der Waals surface area contributed by atoms with Crippen LogP contribution in [0.2, 0.25) is 0 Å². The lowest BCUT2D eigenvalue weighted by Crippen LogP contribution is -2.60. The monoisotopic (exact) mass is 337 g/mol. The predicted octanol–water partition coefficient (Wildman–Crippen LogP) is 1.58. The summed E-state index contributed by atoms with van der Waals surface area (Å²) in [6, 6.07) is 0. The van der Waals surface area contributed by atoms with Crippen LogP contribution in [0.3, 0.4) is 0 Å². The number of primary amides is 1. The highest BCUT2D eigenvalue weighted by molar-refractivity contribution is 5.91. The maximum atomic E-state index is 12.7. The van der Waals surface area contributed by atoms with Crippen LogP contribution in [0.25, 0.3) is 0 Å². The summed E-state index contributed by atoms with van der Waals surface area (Å²) in [6.07, 6.45) is 5.67. The Labute approximate surface area is 144 Å². The fourth-order valence-corrected chi connectivity index (χ4v) is 3.78. The van der Waals surface area contributed by atoms with Gasteiger partial charge in [-0.1, -0.05) is 40.0 Å². The van der Waals surface area contributed by atoms with E-state index >= 15 is 0 Å². The highest BCUT2D eigenvalue weighted by Crippen LogP contribution is 2.29. The maximum Gasteiger partial charge on any atom is 0.243 e. The summed E-state index contributed by atoms with van der Waals surface area (Å²) in [6.45, 7) is 6.80. The molecule has 6 heteroatoms. The number of nitrogens with one attached hydrogen (secondary N) is 1. The number of carbonyl (C=O) groups is 3. The van der Waals surface area contributed by atoms with Crippen molar-refractivity contribution in [3.05, 3.63) is 0 Å². The molecule has 0 aromatic carbocycles. The van der Waals surface area contributed by atoms with E-state index in [1.165, 1.54) is 0 Å². The van der Waals surface area contributed by atoms with Crippen molar-refractivity contribution in [3.8, 4) is 0 Å². The molecule has 1 aliphatic carbocycles.